The first-order valence-corrected chi connectivity index (χ1v) is 8.30. The van der Waals surface area contributed by atoms with Gasteiger partial charge in [-0.25, -0.2) is 4.79 Å². The molecule has 1 fully saturated rings. The number of aromatic nitrogens is 2. The number of rotatable bonds is 5. The maximum absolute atomic E-state index is 12.4. The van der Waals surface area contributed by atoms with Crippen molar-refractivity contribution in [2.24, 2.45) is 0 Å². The Kier molecular flexibility index (Phi) is 5.64. The molecule has 0 aromatic carbocycles. The van der Waals surface area contributed by atoms with E-state index in [-0.39, 0.29) is 21.8 Å². The number of carboxylic acid groups (broad SMARTS) is 1. The Morgan fingerprint density at radius 1 is 1.38 bits per heavy atom. The molecule has 2 N–H and O–H groups in total. The van der Waals surface area contributed by atoms with Gasteiger partial charge >= 0.3 is 5.97 Å². The van der Waals surface area contributed by atoms with Crippen LogP contribution in [0.4, 0.5) is 0 Å². The van der Waals surface area contributed by atoms with Crippen LogP contribution >= 0.6 is 12.2 Å². The Bertz CT molecular complexity index is 818. The Labute approximate surface area is 144 Å². The van der Waals surface area contributed by atoms with Crippen molar-refractivity contribution in [1.29, 1.82) is 0 Å². The number of hydrogen-bond donors (Lipinski definition) is 2. The lowest BCUT2D eigenvalue weighted by Gasteiger charge is -2.17. The zero-order chi connectivity index (χ0) is 17.9. The molecule has 7 nitrogen and oxygen atoms in total. The van der Waals surface area contributed by atoms with Gasteiger partial charge in [0, 0.05) is 25.8 Å². The molecule has 0 spiro atoms. The maximum Gasteiger partial charge on any atom is 0.326 e. The summed E-state index contributed by atoms with van der Waals surface area (Å²) >= 11 is 5.22. The molecule has 1 atom stereocenters. The van der Waals surface area contributed by atoms with Crippen molar-refractivity contribution in [1.82, 2.24) is 14.0 Å². The molecular weight excluding hydrogens is 330 g/mol. The number of nitrogens with zero attached hydrogens (tertiary/aromatic N) is 3. The van der Waals surface area contributed by atoms with Gasteiger partial charge in [-0.3, -0.25) is 13.9 Å². The van der Waals surface area contributed by atoms with Crippen LogP contribution in [0.25, 0.3) is 6.08 Å². The summed E-state index contributed by atoms with van der Waals surface area (Å²) in [6.07, 6.45) is 4.28. The van der Waals surface area contributed by atoms with Crippen molar-refractivity contribution in [2.75, 3.05) is 6.54 Å². The minimum absolute atomic E-state index is 0.0922. The third-order valence-electron chi connectivity index (χ3n) is 4.11. The van der Waals surface area contributed by atoms with Crippen LogP contribution in [0.2, 0.25) is 0 Å². The molecule has 1 aromatic heterocycles. The number of aromatic hydroxyl groups is 1. The zero-order valence-corrected chi connectivity index (χ0v) is 14.5. The second-order valence-corrected chi connectivity index (χ2v) is 5.85. The van der Waals surface area contributed by atoms with Crippen molar-refractivity contribution < 1.29 is 15.0 Å². The van der Waals surface area contributed by atoms with Crippen molar-refractivity contribution in [3.63, 3.8) is 0 Å². The molecule has 1 saturated heterocycles. The summed E-state index contributed by atoms with van der Waals surface area (Å²) in [5, 5.41) is 19.4. The Balaban J connectivity index is 2.46. The molecule has 2 rings (SSSR count). The van der Waals surface area contributed by atoms with Gasteiger partial charge in [-0.15, -0.1) is 5.73 Å². The lowest BCUT2D eigenvalue weighted by Crippen LogP contribution is -2.31. The van der Waals surface area contributed by atoms with Crippen LogP contribution in [0.5, 0.6) is 5.88 Å². The molecule has 0 bridgehead atoms. The van der Waals surface area contributed by atoms with Gasteiger partial charge < -0.3 is 15.1 Å². The third-order valence-corrected chi connectivity index (χ3v) is 4.55. The molecule has 1 aliphatic heterocycles. The molecule has 2 heterocycles. The summed E-state index contributed by atoms with van der Waals surface area (Å²) in [6.45, 7) is 5.09. The number of hydrogen-bond acceptors (Lipinski definition) is 5. The molecule has 130 valence electrons. The summed E-state index contributed by atoms with van der Waals surface area (Å²) in [6, 6.07) is -0.567. The van der Waals surface area contributed by atoms with Crippen molar-refractivity contribution in [2.45, 2.75) is 45.8 Å². The van der Waals surface area contributed by atoms with Crippen LogP contribution in [-0.2, 0) is 17.9 Å². The monoisotopic (exact) mass is 351 g/mol. The third kappa shape index (κ3) is 3.29. The standard InChI is InChI=1S/C16H21N3O4S/c1-3-18-13(20)11(14(21)19(4-2)16(18)24)7-5-9-17-10-6-8-12(17)15(22)23/h7,9,12,20H,3-4,6,8,10H2,1-2H3,(H,22,23). The van der Waals surface area contributed by atoms with E-state index in [1.165, 1.54) is 21.4 Å². The second kappa shape index (κ2) is 7.51. The Morgan fingerprint density at radius 2 is 2.04 bits per heavy atom. The van der Waals surface area contributed by atoms with Gasteiger partial charge in [0.15, 0.2) is 4.77 Å². The number of aliphatic carboxylic acids is 1. The fourth-order valence-electron chi connectivity index (χ4n) is 2.82. The number of carbonyl (C=O) groups is 1. The normalized spacial score (nSPS) is 16.8. The van der Waals surface area contributed by atoms with E-state index < -0.39 is 12.0 Å². The smallest absolute Gasteiger partial charge is 0.326 e. The fourth-order valence-corrected chi connectivity index (χ4v) is 3.25. The largest absolute Gasteiger partial charge is 0.494 e. The van der Waals surface area contributed by atoms with Crippen molar-refractivity contribution in [3.05, 3.63) is 32.6 Å². The van der Waals surface area contributed by atoms with E-state index in [2.05, 4.69) is 5.73 Å². The van der Waals surface area contributed by atoms with E-state index >= 15 is 0 Å². The Morgan fingerprint density at radius 3 is 2.62 bits per heavy atom. The molecule has 0 radical (unpaired) electrons. The maximum atomic E-state index is 12.4. The summed E-state index contributed by atoms with van der Waals surface area (Å²) in [4.78, 5) is 25.3. The van der Waals surface area contributed by atoms with Gasteiger partial charge in [0.25, 0.3) is 5.56 Å². The molecule has 0 amide bonds. The Hall–Kier alpha value is -2.31. The summed E-state index contributed by atoms with van der Waals surface area (Å²) in [7, 11) is 0. The van der Waals surface area contributed by atoms with Crippen LogP contribution in [0.15, 0.2) is 16.7 Å². The second-order valence-electron chi connectivity index (χ2n) is 5.49. The molecule has 1 aliphatic rings. The quantitative estimate of drug-likeness (QED) is 0.621. The van der Waals surface area contributed by atoms with Gasteiger partial charge in [0.2, 0.25) is 5.88 Å². The summed E-state index contributed by atoms with van der Waals surface area (Å²) in [5.74, 6) is -1.07. The van der Waals surface area contributed by atoms with Gasteiger partial charge in [-0.05, 0) is 45.0 Å². The first-order valence-electron chi connectivity index (χ1n) is 7.90. The van der Waals surface area contributed by atoms with E-state index in [1.54, 1.807) is 11.8 Å². The van der Waals surface area contributed by atoms with E-state index in [4.69, 9.17) is 17.3 Å². The van der Waals surface area contributed by atoms with Gasteiger partial charge in [-0.1, -0.05) is 0 Å². The van der Waals surface area contributed by atoms with E-state index in [0.29, 0.717) is 26.1 Å². The first-order chi connectivity index (χ1) is 11.4. The lowest BCUT2D eigenvalue weighted by molar-refractivity contribution is -0.141. The molecule has 1 unspecified atom stereocenters. The lowest BCUT2D eigenvalue weighted by atomic mass is 10.2. The highest BCUT2D eigenvalue weighted by atomic mass is 32.1. The number of likely N-dealkylation sites (tertiary alicyclic amines) is 1. The average molecular weight is 351 g/mol. The van der Waals surface area contributed by atoms with Crippen molar-refractivity contribution in [3.8, 4) is 5.88 Å². The predicted molar refractivity (Wildman–Crippen MR) is 92.4 cm³/mol. The van der Waals surface area contributed by atoms with E-state index in [9.17, 15) is 14.7 Å². The highest BCUT2D eigenvalue weighted by Gasteiger charge is 2.27. The SMILES string of the molecule is CCn1c(O)c(C=C=CN2CCCC2C(=O)O)c(=O)n(CC)c1=S. The van der Waals surface area contributed by atoms with E-state index in [1.807, 2.05) is 6.92 Å². The molecule has 1 aromatic rings. The van der Waals surface area contributed by atoms with Crippen LogP contribution in [0, 0.1) is 4.77 Å². The molecular formula is C16H21N3O4S. The van der Waals surface area contributed by atoms with Crippen LogP contribution in [0.1, 0.15) is 32.3 Å². The van der Waals surface area contributed by atoms with Gasteiger partial charge in [0.1, 0.15) is 11.6 Å². The predicted octanol–water partition coefficient (Wildman–Crippen LogP) is 1.80. The van der Waals surface area contributed by atoms with Gasteiger partial charge in [0.05, 0.1) is 0 Å². The van der Waals surface area contributed by atoms with Crippen LogP contribution in [0.3, 0.4) is 0 Å². The average Bonchev–Trinajstić information content (AvgIpc) is 3.00. The molecule has 0 aliphatic carbocycles. The fraction of sp³-hybridized carbons (Fsp3) is 0.500. The number of carboxylic acids is 1. The molecule has 8 heteroatoms. The zero-order valence-electron chi connectivity index (χ0n) is 13.7. The summed E-state index contributed by atoms with van der Waals surface area (Å²) in [5.41, 5.74) is 2.53. The summed E-state index contributed by atoms with van der Waals surface area (Å²) < 4.78 is 3.15. The van der Waals surface area contributed by atoms with Gasteiger partial charge in [-0.2, -0.15) is 0 Å². The van der Waals surface area contributed by atoms with Crippen LogP contribution in [-0.4, -0.2) is 42.8 Å². The van der Waals surface area contributed by atoms with Crippen LogP contribution < -0.4 is 5.56 Å². The minimum atomic E-state index is -0.874. The highest BCUT2D eigenvalue weighted by molar-refractivity contribution is 7.71. The highest BCUT2D eigenvalue weighted by Crippen LogP contribution is 2.18. The minimum Gasteiger partial charge on any atom is -0.494 e. The first kappa shape index (κ1) is 18.0. The molecule has 0 saturated carbocycles. The van der Waals surface area contributed by atoms with E-state index in [0.717, 1.165) is 6.42 Å². The molecule has 24 heavy (non-hydrogen) atoms. The van der Waals surface area contributed by atoms with Crippen molar-refractivity contribution >= 4 is 24.3 Å². The topological polar surface area (TPSA) is 87.7 Å².